The lowest BCUT2D eigenvalue weighted by atomic mass is 9.80. The van der Waals surface area contributed by atoms with Gasteiger partial charge < -0.3 is 11.5 Å². The molecule has 1 unspecified atom stereocenters. The van der Waals surface area contributed by atoms with Crippen LogP contribution < -0.4 is 11.5 Å². The number of hydrogen-bond donors (Lipinski definition) is 2. The van der Waals surface area contributed by atoms with Gasteiger partial charge in [0, 0.05) is 0 Å². The van der Waals surface area contributed by atoms with Crippen molar-refractivity contribution in [3.05, 3.63) is 0 Å². The third-order valence-corrected chi connectivity index (χ3v) is 2.36. The number of rotatable bonds is 6. The highest BCUT2D eigenvalue weighted by molar-refractivity contribution is 4.72. The lowest BCUT2D eigenvalue weighted by Crippen LogP contribution is -2.21. The Labute approximate surface area is 76.7 Å². The maximum absolute atomic E-state index is 5.58. The molecule has 0 fully saturated rings. The molecular formula is C10H24N2. The van der Waals surface area contributed by atoms with Crippen LogP contribution in [0.5, 0.6) is 0 Å². The maximum Gasteiger partial charge on any atom is -0.00513 e. The van der Waals surface area contributed by atoms with Gasteiger partial charge >= 0.3 is 0 Å². The highest BCUT2D eigenvalue weighted by atomic mass is 14.5. The van der Waals surface area contributed by atoms with Gasteiger partial charge in [0.2, 0.25) is 0 Å². The van der Waals surface area contributed by atoms with Gasteiger partial charge in [0.15, 0.2) is 0 Å². The molecule has 0 aliphatic heterocycles. The van der Waals surface area contributed by atoms with Crippen molar-refractivity contribution in [3.63, 3.8) is 0 Å². The van der Waals surface area contributed by atoms with Crippen molar-refractivity contribution in [2.24, 2.45) is 22.8 Å². The molecule has 2 nitrogen and oxygen atoms in total. The summed E-state index contributed by atoms with van der Waals surface area (Å²) in [6.07, 6.45) is 3.56. The van der Waals surface area contributed by atoms with Crippen LogP contribution in [0.3, 0.4) is 0 Å². The second kappa shape index (κ2) is 5.55. The van der Waals surface area contributed by atoms with Gasteiger partial charge in [-0.15, -0.1) is 0 Å². The van der Waals surface area contributed by atoms with Crippen LogP contribution in [0.25, 0.3) is 0 Å². The SMILES string of the molecule is CC(CN)CC(C)(C)CCCN. The summed E-state index contributed by atoms with van der Waals surface area (Å²) in [5.74, 6) is 0.637. The van der Waals surface area contributed by atoms with E-state index < -0.39 is 0 Å². The van der Waals surface area contributed by atoms with Crippen LogP contribution >= 0.6 is 0 Å². The largest absolute Gasteiger partial charge is 0.330 e. The molecule has 12 heavy (non-hydrogen) atoms. The summed E-state index contributed by atoms with van der Waals surface area (Å²) >= 11 is 0. The molecular weight excluding hydrogens is 148 g/mol. The van der Waals surface area contributed by atoms with Crippen molar-refractivity contribution in [1.82, 2.24) is 0 Å². The van der Waals surface area contributed by atoms with E-state index in [0.717, 1.165) is 19.5 Å². The second-order valence-electron chi connectivity index (χ2n) is 4.60. The topological polar surface area (TPSA) is 52.0 Å². The van der Waals surface area contributed by atoms with E-state index in [4.69, 9.17) is 11.5 Å². The molecule has 0 saturated heterocycles. The third kappa shape index (κ3) is 5.56. The zero-order valence-corrected chi connectivity index (χ0v) is 8.77. The average Bonchev–Trinajstić information content (AvgIpc) is 2.00. The highest BCUT2D eigenvalue weighted by Crippen LogP contribution is 2.29. The first-order valence-electron chi connectivity index (χ1n) is 4.92. The van der Waals surface area contributed by atoms with Gasteiger partial charge in [-0.1, -0.05) is 20.8 Å². The molecule has 4 N–H and O–H groups in total. The lowest BCUT2D eigenvalue weighted by molar-refractivity contribution is 0.255. The smallest absolute Gasteiger partial charge is 0.00513 e. The minimum Gasteiger partial charge on any atom is -0.330 e. The van der Waals surface area contributed by atoms with Gasteiger partial charge in [-0.2, -0.15) is 0 Å². The van der Waals surface area contributed by atoms with Gasteiger partial charge in [0.05, 0.1) is 0 Å². The van der Waals surface area contributed by atoms with Crippen molar-refractivity contribution in [1.29, 1.82) is 0 Å². The Kier molecular flexibility index (Phi) is 5.51. The van der Waals surface area contributed by atoms with Crippen LogP contribution in [0.1, 0.15) is 40.0 Å². The van der Waals surface area contributed by atoms with E-state index in [1.54, 1.807) is 0 Å². The first kappa shape index (κ1) is 11.9. The van der Waals surface area contributed by atoms with Gasteiger partial charge in [0.25, 0.3) is 0 Å². The number of nitrogens with two attached hydrogens (primary N) is 2. The first-order valence-corrected chi connectivity index (χ1v) is 4.92. The van der Waals surface area contributed by atoms with Crippen LogP contribution in [-0.4, -0.2) is 13.1 Å². The second-order valence-corrected chi connectivity index (χ2v) is 4.60. The molecule has 0 aromatic heterocycles. The van der Waals surface area contributed by atoms with E-state index in [2.05, 4.69) is 20.8 Å². The molecule has 0 aliphatic carbocycles. The molecule has 0 heterocycles. The zero-order valence-electron chi connectivity index (χ0n) is 8.77. The summed E-state index contributed by atoms with van der Waals surface area (Å²) in [6, 6.07) is 0. The molecule has 1 atom stereocenters. The van der Waals surface area contributed by atoms with Crippen LogP contribution in [-0.2, 0) is 0 Å². The molecule has 0 aromatic rings. The lowest BCUT2D eigenvalue weighted by Gasteiger charge is -2.27. The molecule has 2 heteroatoms. The van der Waals surface area contributed by atoms with E-state index >= 15 is 0 Å². The van der Waals surface area contributed by atoms with E-state index in [1.165, 1.54) is 12.8 Å². The predicted molar refractivity (Wildman–Crippen MR) is 54.9 cm³/mol. The van der Waals surface area contributed by atoms with Crippen LogP contribution in [0, 0.1) is 11.3 Å². The van der Waals surface area contributed by atoms with E-state index in [9.17, 15) is 0 Å². The quantitative estimate of drug-likeness (QED) is 0.641. The molecule has 74 valence electrons. The van der Waals surface area contributed by atoms with Gasteiger partial charge in [-0.05, 0) is 43.7 Å². The summed E-state index contributed by atoms with van der Waals surface area (Å²) in [4.78, 5) is 0. The van der Waals surface area contributed by atoms with E-state index in [1.807, 2.05) is 0 Å². The Morgan fingerprint density at radius 1 is 1.25 bits per heavy atom. The summed E-state index contributed by atoms with van der Waals surface area (Å²) in [6.45, 7) is 8.42. The summed E-state index contributed by atoms with van der Waals surface area (Å²) in [7, 11) is 0. The fourth-order valence-corrected chi connectivity index (χ4v) is 1.71. The Hall–Kier alpha value is -0.0800. The van der Waals surface area contributed by atoms with Crippen molar-refractivity contribution >= 4 is 0 Å². The van der Waals surface area contributed by atoms with E-state index in [-0.39, 0.29) is 0 Å². The fourth-order valence-electron chi connectivity index (χ4n) is 1.71. The van der Waals surface area contributed by atoms with E-state index in [0.29, 0.717) is 11.3 Å². The van der Waals surface area contributed by atoms with Gasteiger partial charge in [0.1, 0.15) is 0 Å². The number of hydrogen-bond acceptors (Lipinski definition) is 2. The molecule has 0 bridgehead atoms. The van der Waals surface area contributed by atoms with Crippen molar-refractivity contribution in [2.75, 3.05) is 13.1 Å². The minimum absolute atomic E-state index is 0.415. The standard InChI is InChI=1S/C10H24N2/c1-9(8-12)7-10(2,3)5-4-6-11/h9H,4-8,11-12H2,1-3H3. The molecule has 0 saturated carbocycles. The summed E-state index contributed by atoms with van der Waals surface area (Å²) < 4.78 is 0. The molecule has 0 amide bonds. The zero-order chi connectivity index (χ0) is 9.61. The van der Waals surface area contributed by atoms with Crippen LogP contribution in [0.15, 0.2) is 0 Å². The van der Waals surface area contributed by atoms with Crippen LogP contribution in [0.2, 0.25) is 0 Å². The Balaban J connectivity index is 3.69. The monoisotopic (exact) mass is 172 g/mol. The Morgan fingerprint density at radius 2 is 1.83 bits per heavy atom. The minimum atomic E-state index is 0.415. The van der Waals surface area contributed by atoms with Gasteiger partial charge in [-0.25, -0.2) is 0 Å². The molecule has 0 spiro atoms. The van der Waals surface area contributed by atoms with Crippen LogP contribution in [0.4, 0.5) is 0 Å². The predicted octanol–water partition coefficient (Wildman–Crippen LogP) is 1.74. The first-order chi connectivity index (χ1) is 5.52. The molecule has 0 radical (unpaired) electrons. The summed E-state index contributed by atoms with van der Waals surface area (Å²) in [5.41, 5.74) is 11.5. The highest BCUT2D eigenvalue weighted by Gasteiger charge is 2.19. The van der Waals surface area contributed by atoms with Crippen molar-refractivity contribution in [2.45, 2.75) is 40.0 Å². The molecule has 0 aliphatic rings. The Bertz CT molecular complexity index is 110. The Morgan fingerprint density at radius 3 is 2.25 bits per heavy atom. The van der Waals surface area contributed by atoms with Crippen molar-refractivity contribution < 1.29 is 0 Å². The molecule has 0 aromatic carbocycles. The molecule has 0 rings (SSSR count). The third-order valence-electron chi connectivity index (χ3n) is 2.36. The maximum atomic E-state index is 5.58. The van der Waals surface area contributed by atoms with Gasteiger partial charge in [-0.3, -0.25) is 0 Å². The normalized spacial score (nSPS) is 14.8. The van der Waals surface area contributed by atoms with Crippen molar-refractivity contribution in [3.8, 4) is 0 Å². The fraction of sp³-hybridized carbons (Fsp3) is 1.00. The summed E-state index contributed by atoms with van der Waals surface area (Å²) in [5, 5.41) is 0. The average molecular weight is 172 g/mol.